The Labute approximate surface area is 194 Å². The molecule has 0 bridgehead atoms. The Kier molecular flexibility index (Phi) is 6.34. The first-order chi connectivity index (χ1) is 15.3. The highest BCUT2D eigenvalue weighted by Gasteiger charge is 2.34. The van der Waals surface area contributed by atoms with Crippen LogP contribution in [0.2, 0.25) is 5.02 Å². The summed E-state index contributed by atoms with van der Waals surface area (Å²) < 4.78 is 0. The maximum absolute atomic E-state index is 12.9. The Bertz CT molecular complexity index is 1270. The molecule has 0 spiro atoms. The van der Waals surface area contributed by atoms with Gasteiger partial charge in [0.25, 0.3) is 5.56 Å². The topological polar surface area (TPSA) is 104 Å². The van der Waals surface area contributed by atoms with Gasteiger partial charge in [-0.2, -0.15) is 0 Å². The highest BCUT2D eigenvalue weighted by Crippen LogP contribution is 2.31. The Morgan fingerprint density at radius 2 is 2.03 bits per heavy atom. The van der Waals surface area contributed by atoms with Crippen LogP contribution in [-0.2, 0) is 15.3 Å². The Hall–Kier alpha value is -3.10. The summed E-state index contributed by atoms with van der Waals surface area (Å²) in [5.41, 5.74) is 3.32. The minimum atomic E-state index is -0.953. The molecule has 0 fully saturated rings. The molecule has 7 nitrogen and oxygen atoms in total. The molecule has 3 aromatic rings. The monoisotopic (exact) mass is 468 g/mol. The second-order valence-electron chi connectivity index (χ2n) is 7.67. The number of benzene rings is 2. The van der Waals surface area contributed by atoms with Crippen molar-refractivity contribution in [2.75, 3.05) is 10.6 Å². The number of hydrogen-bond donors (Lipinski definition) is 3. The highest BCUT2D eigenvalue weighted by molar-refractivity contribution is 7.98. The molecule has 1 aromatic heterocycles. The number of aromatic amines is 1. The van der Waals surface area contributed by atoms with Gasteiger partial charge in [0.15, 0.2) is 5.16 Å². The van der Waals surface area contributed by atoms with Gasteiger partial charge in [-0.15, -0.1) is 0 Å². The van der Waals surface area contributed by atoms with Crippen molar-refractivity contribution >= 4 is 46.7 Å². The average Bonchev–Trinajstić information content (AvgIpc) is 2.74. The quantitative estimate of drug-likeness (QED) is 0.380. The van der Waals surface area contributed by atoms with Crippen LogP contribution >= 0.6 is 23.4 Å². The lowest BCUT2D eigenvalue weighted by atomic mass is 9.92. The summed E-state index contributed by atoms with van der Waals surface area (Å²) in [6, 6.07) is 13.2. The minimum Gasteiger partial charge on any atom is -0.325 e. The van der Waals surface area contributed by atoms with Crippen molar-refractivity contribution in [3.05, 3.63) is 80.1 Å². The zero-order valence-corrected chi connectivity index (χ0v) is 19.1. The van der Waals surface area contributed by atoms with Crippen LogP contribution in [0.5, 0.6) is 0 Å². The SMILES string of the molecule is Cc1cccc(CSc2nc3c(c(=O)[nH]2)C(C(=O)Nc2ccc(C)c(Cl)c2)CC(=O)N3)c1. The van der Waals surface area contributed by atoms with Crippen molar-refractivity contribution < 1.29 is 9.59 Å². The van der Waals surface area contributed by atoms with Crippen molar-refractivity contribution in [1.29, 1.82) is 0 Å². The first-order valence-electron chi connectivity index (χ1n) is 9.99. The third-order valence-corrected chi connectivity index (χ3v) is 6.49. The van der Waals surface area contributed by atoms with Crippen LogP contribution in [0.25, 0.3) is 0 Å². The number of aryl methyl sites for hydroxylation is 2. The molecule has 0 aliphatic carbocycles. The molecule has 3 N–H and O–H groups in total. The molecule has 9 heteroatoms. The van der Waals surface area contributed by atoms with Crippen molar-refractivity contribution in [2.45, 2.75) is 37.1 Å². The Balaban J connectivity index is 1.57. The van der Waals surface area contributed by atoms with Crippen LogP contribution in [0.4, 0.5) is 11.5 Å². The lowest BCUT2D eigenvalue weighted by Crippen LogP contribution is -2.36. The maximum atomic E-state index is 12.9. The second kappa shape index (κ2) is 9.18. The fourth-order valence-electron chi connectivity index (χ4n) is 3.50. The van der Waals surface area contributed by atoms with Gasteiger partial charge in [-0.1, -0.05) is 59.3 Å². The fourth-order valence-corrected chi connectivity index (χ4v) is 4.48. The third kappa shape index (κ3) is 4.87. The number of H-pyrrole nitrogens is 1. The molecule has 0 saturated heterocycles. The van der Waals surface area contributed by atoms with E-state index in [2.05, 4.69) is 26.7 Å². The summed E-state index contributed by atoms with van der Waals surface area (Å²) in [7, 11) is 0. The van der Waals surface area contributed by atoms with Crippen molar-refractivity contribution in [2.24, 2.45) is 0 Å². The molecule has 1 atom stereocenters. The second-order valence-corrected chi connectivity index (χ2v) is 9.04. The van der Waals surface area contributed by atoms with Crippen molar-refractivity contribution in [1.82, 2.24) is 9.97 Å². The molecule has 4 rings (SSSR count). The zero-order chi connectivity index (χ0) is 22.8. The number of fused-ring (bicyclic) bond motifs is 1. The van der Waals surface area contributed by atoms with Gasteiger partial charge >= 0.3 is 0 Å². The molecule has 1 aliphatic heterocycles. The van der Waals surface area contributed by atoms with Gasteiger partial charge in [0.1, 0.15) is 5.82 Å². The standard InChI is InChI=1S/C23H21ClN4O3S/c1-12-4-3-5-14(8-12)11-32-23-27-20-19(22(31)28-23)16(10-18(29)26-20)21(30)25-15-7-6-13(2)17(24)9-15/h3-9,16H,10-11H2,1-2H3,(H,25,30)(H2,26,27,28,29,31). The smallest absolute Gasteiger partial charge is 0.257 e. The summed E-state index contributed by atoms with van der Waals surface area (Å²) in [6.07, 6.45) is -0.140. The summed E-state index contributed by atoms with van der Waals surface area (Å²) >= 11 is 7.48. The van der Waals surface area contributed by atoms with Crippen molar-refractivity contribution in [3.8, 4) is 0 Å². The normalized spacial score (nSPS) is 15.1. The Morgan fingerprint density at radius 3 is 2.78 bits per heavy atom. The number of aromatic nitrogens is 2. The molecule has 2 aromatic carbocycles. The van der Waals surface area contributed by atoms with E-state index in [0.717, 1.165) is 16.7 Å². The molecule has 32 heavy (non-hydrogen) atoms. The first kappa shape index (κ1) is 22.1. The fraction of sp³-hybridized carbons (Fsp3) is 0.217. The van der Waals surface area contributed by atoms with E-state index in [-0.39, 0.29) is 23.7 Å². The molecule has 0 radical (unpaired) electrons. The lowest BCUT2D eigenvalue weighted by Gasteiger charge is -2.23. The first-order valence-corrected chi connectivity index (χ1v) is 11.4. The van der Waals surface area contributed by atoms with Gasteiger partial charge in [-0.25, -0.2) is 4.98 Å². The minimum absolute atomic E-state index is 0.124. The van der Waals surface area contributed by atoms with Crippen LogP contribution in [0.1, 0.15) is 34.6 Å². The number of anilines is 2. The molecule has 2 amide bonds. The average molecular weight is 469 g/mol. The number of nitrogens with zero attached hydrogens (tertiary/aromatic N) is 1. The number of rotatable bonds is 5. The van der Waals surface area contributed by atoms with Gasteiger partial charge in [0, 0.05) is 22.9 Å². The number of nitrogens with one attached hydrogen (secondary N) is 3. The number of thioether (sulfide) groups is 1. The van der Waals surface area contributed by atoms with Gasteiger partial charge in [0.05, 0.1) is 11.5 Å². The number of amides is 2. The van der Waals surface area contributed by atoms with E-state index in [1.165, 1.54) is 11.8 Å². The van der Waals surface area contributed by atoms with Crippen LogP contribution in [0, 0.1) is 13.8 Å². The largest absolute Gasteiger partial charge is 0.325 e. The van der Waals surface area contributed by atoms with Crippen LogP contribution in [0.3, 0.4) is 0 Å². The third-order valence-electron chi connectivity index (χ3n) is 5.14. The van der Waals surface area contributed by atoms with Gasteiger partial charge in [0.2, 0.25) is 11.8 Å². The van der Waals surface area contributed by atoms with E-state index < -0.39 is 17.4 Å². The summed E-state index contributed by atoms with van der Waals surface area (Å²) in [5.74, 6) is -1.05. The van der Waals surface area contributed by atoms with E-state index in [9.17, 15) is 14.4 Å². The summed E-state index contributed by atoms with van der Waals surface area (Å²) in [5, 5.41) is 6.27. The van der Waals surface area contributed by atoms with E-state index in [0.29, 0.717) is 21.6 Å². The molecule has 1 unspecified atom stereocenters. The predicted octanol–water partition coefficient (Wildman–Crippen LogP) is 4.40. The van der Waals surface area contributed by atoms with Gasteiger partial charge in [-0.05, 0) is 37.1 Å². The number of carbonyl (C=O) groups is 2. The molecular formula is C23H21ClN4O3S. The Morgan fingerprint density at radius 1 is 1.22 bits per heavy atom. The number of halogens is 1. The predicted molar refractivity (Wildman–Crippen MR) is 126 cm³/mol. The molecular weight excluding hydrogens is 448 g/mol. The number of carbonyl (C=O) groups excluding carboxylic acids is 2. The van der Waals surface area contributed by atoms with Crippen LogP contribution in [-0.4, -0.2) is 21.8 Å². The van der Waals surface area contributed by atoms with Crippen molar-refractivity contribution in [3.63, 3.8) is 0 Å². The highest BCUT2D eigenvalue weighted by atomic mass is 35.5. The van der Waals surface area contributed by atoms with E-state index >= 15 is 0 Å². The van der Waals surface area contributed by atoms with Crippen LogP contribution < -0.4 is 16.2 Å². The van der Waals surface area contributed by atoms with E-state index in [4.69, 9.17) is 11.6 Å². The summed E-state index contributed by atoms with van der Waals surface area (Å²) in [6.45, 7) is 3.87. The molecule has 164 valence electrons. The molecule has 2 heterocycles. The lowest BCUT2D eigenvalue weighted by molar-refractivity contribution is -0.123. The maximum Gasteiger partial charge on any atom is 0.257 e. The molecule has 1 aliphatic rings. The number of hydrogen-bond acceptors (Lipinski definition) is 5. The van der Waals surface area contributed by atoms with E-state index in [1.807, 2.05) is 32.0 Å². The van der Waals surface area contributed by atoms with Gasteiger partial charge < -0.3 is 15.6 Å². The molecule has 0 saturated carbocycles. The van der Waals surface area contributed by atoms with Crippen LogP contribution in [0.15, 0.2) is 52.4 Å². The van der Waals surface area contributed by atoms with E-state index in [1.54, 1.807) is 18.2 Å². The zero-order valence-electron chi connectivity index (χ0n) is 17.5. The van der Waals surface area contributed by atoms with Gasteiger partial charge in [-0.3, -0.25) is 14.4 Å². The summed E-state index contributed by atoms with van der Waals surface area (Å²) in [4.78, 5) is 45.2.